The van der Waals surface area contributed by atoms with E-state index in [0.717, 1.165) is 16.7 Å². The lowest BCUT2D eigenvalue weighted by Gasteiger charge is -2.10. The Balaban J connectivity index is 1.85. The Morgan fingerprint density at radius 1 is 1.04 bits per heavy atom. The summed E-state index contributed by atoms with van der Waals surface area (Å²) in [7, 11) is 0. The van der Waals surface area contributed by atoms with Crippen LogP contribution in [0.25, 0.3) is 16.1 Å². The van der Waals surface area contributed by atoms with E-state index < -0.39 is 11.6 Å². The molecule has 1 aliphatic rings. The van der Waals surface area contributed by atoms with Gasteiger partial charge in [-0.05, 0) is 41.3 Å². The highest BCUT2D eigenvalue weighted by Crippen LogP contribution is 2.38. The molecule has 0 saturated heterocycles. The van der Waals surface area contributed by atoms with Crippen molar-refractivity contribution in [3.8, 4) is 10.6 Å². The summed E-state index contributed by atoms with van der Waals surface area (Å²) in [5.41, 5.74) is 8.90. The molecule has 0 atom stereocenters. The van der Waals surface area contributed by atoms with Crippen molar-refractivity contribution < 1.29 is 8.78 Å². The van der Waals surface area contributed by atoms with Gasteiger partial charge in [-0.2, -0.15) is 0 Å². The molecule has 6 heteroatoms. The molecule has 114 valence electrons. The predicted molar refractivity (Wildman–Crippen MR) is 86.9 cm³/mol. The summed E-state index contributed by atoms with van der Waals surface area (Å²) in [5, 5.41) is 8.90. The average molecular weight is 327 g/mol. The van der Waals surface area contributed by atoms with Crippen LogP contribution in [0.3, 0.4) is 0 Å². The van der Waals surface area contributed by atoms with Gasteiger partial charge in [0.25, 0.3) is 0 Å². The predicted octanol–water partition coefficient (Wildman–Crippen LogP) is 4.05. The van der Waals surface area contributed by atoms with Crippen molar-refractivity contribution in [1.29, 1.82) is 0 Å². The van der Waals surface area contributed by atoms with E-state index >= 15 is 0 Å². The first-order chi connectivity index (χ1) is 11.1. The van der Waals surface area contributed by atoms with Crippen molar-refractivity contribution in [2.45, 2.75) is 6.42 Å². The van der Waals surface area contributed by atoms with E-state index in [1.54, 1.807) is 0 Å². The summed E-state index contributed by atoms with van der Waals surface area (Å²) < 4.78 is 28.2. The molecular formula is C17H11F2N3S. The van der Waals surface area contributed by atoms with Gasteiger partial charge in [-0.3, -0.25) is 0 Å². The summed E-state index contributed by atoms with van der Waals surface area (Å²) in [6.07, 6.45) is 2.50. The molecule has 1 aromatic heterocycles. The highest BCUT2D eigenvalue weighted by Gasteiger charge is 2.22. The van der Waals surface area contributed by atoms with Gasteiger partial charge >= 0.3 is 0 Å². The second kappa shape index (κ2) is 5.24. The summed E-state index contributed by atoms with van der Waals surface area (Å²) in [6, 6.07) is 9.67. The summed E-state index contributed by atoms with van der Waals surface area (Å²) in [5.74, 6) is -1.12. The number of benzene rings is 2. The zero-order valence-electron chi connectivity index (χ0n) is 11.9. The number of hydrogen-bond donors (Lipinski definition) is 1. The zero-order chi connectivity index (χ0) is 16.0. The Labute approximate surface area is 135 Å². The molecule has 1 aliphatic carbocycles. The summed E-state index contributed by atoms with van der Waals surface area (Å²) >= 11 is 1.28. The number of anilines is 1. The van der Waals surface area contributed by atoms with E-state index in [9.17, 15) is 8.78 Å². The van der Waals surface area contributed by atoms with Gasteiger partial charge in [-0.15, -0.1) is 10.2 Å². The molecular weight excluding hydrogens is 316 g/mol. The van der Waals surface area contributed by atoms with Crippen LogP contribution in [0.5, 0.6) is 0 Å². The van der Waals surface area contributed by atoms with E-state index in [0.29, 0.717) is 22.1 Å². The number of aromatic nitrogens is 2. The van der Waals surface area contributed by atoms with Gasteiger partial charge in [0.1, 0.15) is 16.6 Å². The van der Waals surface area contributed by atoms with Gasteiger partial charge in [0, 0.05) is 5.56 Å². The van der Waals surface area contributed by atoms with Gasteiger partial charge in [0.05, 0.1) is 5.56 Å². The van der Waals surface area contributed by atoms with Crippen LogP contribution >= 0.6 is 11.3 Å². The standard InChI is InChI=1S/C17H11F2N3S/c18-13-2-1-3-14(19)15(13)11-7-6-9-4-5-10(8-12(9)11)16-21-22-17(20)23-16/h1-5,7-8H,6H2,(H2,20,22). The smallest absolute Gasteiger partial charge is 0.203 e. The third-order valence-electron chi connectivity index (χ3n) is 3.85. The monoisotopic (exact) mass is 327 g/mol. The summed E-state index contributed by atoms with van der Waals surface area (Å²) in [4.78, 5) is 0. The number of nitrogens with two attached hydrogens (primary N) is 1. The van der Waals surface area contributed by atoms with Crippen molar-refractivity contribution in [3.05, 3.63) is 70.8 Å². The number of hydrogen-bond acceptors (Lipinski definition) is 4. The molecule has 0 spiro atoms. The van der Waals surface area contributed by atoms with Gasteiger partial charge in [0.2, 0.25) is 5.13 Å². The number of rotatable bonds is 2. The van der Waals surface area contributed by atoms with Crippen LogP contribution in [-0.4, -0.2) is 10.2 Å². The maximum absolute atomic E-state index is 14.1. The first-order valence-corrected chi connectivity index (χ1v) is 7.82. The van der Waals surface area contributed by atoms with Crippen LogP contribution in [0.15, 0.2) is 42.5 Å². The molecule has 2 N–H and O–H groups in total. The third-order valence-corrected chi connectivity index (χ3v) is 4.65. The summed E-state index contributed by atoms with van der Waals surface area (Å²) in [6.45, 7) is 0. The van der Waals surface area contributed by atoms with E-state index in [-0.39, 0.29) is 5.56 Å². The van der Waals surface area contributed by atoms with Crippen LogP contribution in [-0.2, 0) is 6.42 Å². The fraction of sp³-hybridized carbons (Fsp3) is 0.0588. The molecule has 23 heavy (non-hydrogen) atoms. The van der Waals surface area contributed by atoms with Crippen molar-refractivity contribution in [1.82, 2.24) is 10.2 Å². The molecule has 2 aromatic carbocycles. The molecule has 3 aromatic rings. The second-order valence-electron chi connectivity index (χ2n) is 5.24. The number of fused-ring (bicyclic) bond motifs is 1. The lowest BCUT2D eigenvalue weighted by atomic mass is 9.96. The van der Waals surface area contributed by atoms with E-state index in [1.807, 2.05) is 24.3 Å². The minimum atomic E-state index is -0.560. The number of nitrogen functional groups attached to an aromatic ring is 1. The lowest BCUT2D eigenvalue weighted by molar-refractivity contribution is 0.577. The fourth-order valence-electron chi connectivity index (χ4n) is 2.80. The molecule has 0 fully saturated rings. The molecule has 0 bridgehead atoms. The van der Waals surface area contributed by atoms with Crippen LogP contribution < -0.4 is 5.73 Å². The lowest BCUT2D eigenvalue weighted by Crippen LogP contribution is -1.96. The van der Waals surface area contributed by atoms with Gasteiger partial charge in [-0.25, -0.2) is 8.78 Å². The Hall–Kier alpha value is -2.60. The van der Waals surface area contributed by atoms with Crippen molar-refractivity contribution >= 4 is 22.0 Å². The maximum atomic E-state index is 14.1. The topological polar surface area (TPSA) is 51.8 Å². The largest absolute Gasteiger partial charge is 0.374 e. The molecule has 0 saturated carbocycles. The highest BCUT2D eigenvalue weighted by molar-refractivity contribution is 7.18. The molecule has 0 aliphatic heterocycles. The molecule has 0 amide bonds. The fourth-order valence-corrected chi connectivity index (χ4v) is 3.41. The van der Waals surface area contributed by atoms with Crippen LogP contribution in [0.1, 0.15) is 16.7 Å². The number of allylic oxidation sites excluding steroid dienone is 1. The molecule has 0 radical (unpaired) electrons. The zero-order valence-corrected chi connectivity index (χ0v) is 12.7. The molecule has 1 heterocycles. The van der Waals surface area contributed by atoms with Crippen LogP contribution in [0.4, 0.5) is 13.9 Å². The Morgan fingerprint density at radius 2 is 1.83 bits per heavy atom. The first-order valence-electron chi connectivity index (χ1n) is 7.00. The normalized spacial score (nSPS) is 13.0. The number of nitrogens with zero attached hydrogens (tertiary/aromatic N) is 2. The SMILES string of the molecule is Nc1nnc(-c2ccc3c(c2)C(c2c(F)cccc2F)=CC3)s1. The van der Waals surface area contributed by atoms with Gasteiger partial charge in [0.15, 0.2) is 0 Å². The maximum Gasteiger partial charge on any atom is 0.203 e. The van der Waals surface area contributed by atoms with Crippen molar-refractivity contribution in [2.24, 2.45) is 0 Å². The molecule has 4 rings (SSSR count). The van der Waals surface area contributed by atoms with Gasteiger partial charge in [-0.1, -0.05) is 35.6 Å². The van der Waals surface area contributed by atoms with E-state index in [1.165, 1.54) is 29.5 Å². The number of halogens is 2. The van der Waals surface area contributed by atoms with Crippen LogP contribution in [0.2, 0.25) is 0 Å². The Bertz CT molecular complexity index is 927. The Kier molecular flexibility index (Phi) is 3.20. The third kappa shape index (κ3) is 2.31. The van der Waals surface area contributed by atoms with Gasteiger partial charge < -0.3 is 5.73 Å². The Morgan fingerprint density at radius 3 is 2.52 bits per heavy atom. The second-order valence-corrected chi connectivity index (χ2v) is 6.25. The quantitative estimate of drug-likeness (QED) is 0.772. The molecule has 3 nitrogen and oxygen atoms in total. The average Bonchev–Trinajstić information content (AvgIpc) is 3.13. The van der Waals surface area contributed by atoms with Crippen molar-refractivity contribution in [2.75, 3.05) is 5.73 Å². The van der Waals surface area contributed by atoms with E-state index in [4.69, 9.17) is 5.73 Å². The first kappa shape index (κ1) is 14.0. The van der Waals surface area contributed by atoms with Crippen molar-refractivity contribution in [3.63, 3.8) is 0 Å². The minimum absolute atomic E-state index is 0.0141. The van der Waals surface area contributed by atoms with E-state index in [2.05, 4.69) is 10.2 Å². The molecule has 0 unspecified atom stereocenters. The highest BCUT2D eigenvalue weighted by atomic mass is 32.1. The minimum Gasteiger partial charge on any atom is -0.374 e. The van der Waals surface area contributed by atoms with Crippen LogP contribution in [0, 0.1) is 11.6 Å².